The number of nitrogens with one attached hydrogen (secondary N) is 1. The van der Waals surface area contributed by atoms with E-state index >= 15 is 0 Å². The fourth-order valence-corrected chi connectivity index (χ4v) is 2.60. The number of unbranched alkanes of at least 4 members (excludes halogenated alkanes) is 1. The Morgan fingerprint density at radius 2 is 1.96 bits per heavy atom. The Hall–Kier alpha value is -3.35. The first-order chi connectivity index (χ1) is 13.2. The highest BCUT2D eigenvalue weighted by atomic mass is 16.6. The van der Waals surface area contributed by atoms with E-state index in [0.717, 1.165) is 19.3 Å². The molecule has 1 heterocycles. The second-order valence-electron chi connectivity index (χ2n) is 5.91. The third-order valence-electron chi connectivity index (χ3n) is 3.97. The number of rotatable bonds is 7. The van der Waals surface area contributed by atoms with Gasteiger partial charge in [-0.05, 0) is 43.0 Å². The fourth-order valence-electron chi connectivity index (χ4n) is 2.60. The molecule has 7 heteroatoms. The number of aromatic nitrogens is 1. The Balaban J connectivity index is 1.60. The van der Waals surface area contributed by atoms with Crippen molar-refractivity contribution in [2.75, 3.05) is 19.0 Å². The molecule has 0 bridgehead atoms. The first kappa shape index (κ1) is 18.4. The molecule has 1 amide bonds. The van der Waals surface area contributed by atoms with Crippen LogP contribution in [0.25, 0.3) is 10.9 Å². The molecule has 7 nitrogen and oxygen atoms in total. The van der Waals surface area contributed by atoms with Crippen LogP contribution in [0, 0.1) is 0 Å². The fraction of sp³-hybridized carbons (Fsp3) is 0.250. The molecule has 140 valence electrons. The van der Waals surface area contributed by atoms with Gasteiger partial charge in [0.05, 0.1) is 24.6 Å². The van der Waals surface area contributed by atoms with Gasteiger partial charge < -0.3 is 13.9 Å². The topological polar surface area (TPSA) is 90.7 Å². The number of benzene rings is 2. The Labute approximate surface area is 155 Å². The smallest absolute Gasteiger partial charge is 0.411 e. The minimum atomic E-state index is -0.604. The van der Waals surface area contributed by atoms with Gasteiger partial charge in [-0.3, -0.25) is 5.32 Å². The number of aryl methyl sites for hydroxylation is 1. The van der Waals surface area contributed by atoms with Crippen molar-refractivity contribution in [1.82, 2.24) is 4.98 Å². The maximum Gasteiger partial charge on any atom is 0.411 e. The Morgan fingerprint density at radius 3 is 2.74 bits per heavy atom. The molecular weight excluding hydrogens is 348 g/mol. The summed E-state index contributed by atoms with van der Waals surface area (Å²) in [4.78, 5) is 27.6. The minimum Gasteiger partial charge on any atom is -0.453 e. The SMILES string of the molecule is COC(=O)Nc1ccc2c(=O)oc(OCCCCc3ccccc3)nc2c1. The van der Waals surface area contributed by atoms with E-state index in [-0.39, 0.29) is 6.08 Å². The van der Waals surface area contributed by atoms with E-state index < -0.39 is 11.7 Å². The van der Waals surface area contributed by atoms with Gasteiger partial charge in [0.2, 0.25) is 0 Å². The number of carbonyl (C=O) groups is 1. The van der Waals surface area contributed by atoms with Gasteiger partial charge in [-0.25, -0.2) is 9.59 Å². The van der Waals surface area contributed by atoms with E-state index in [1.54, 1.807) is 12.1 Å². The van der Waals surface area contributed by atoms with Crippen LogP contribution in [0.5, 0.6) is 6.08 Å². The summed E-state index contributed by atoms with van der Waals surface area (Å²) in [5, 5.41) is 2.83. The summed E-state index contributed by atoms with van der Waals surface area (Å²) in [6.45, 7) is 0.397. The zero-order valence-electron chi connectivity index (χ0n) is 14.9. The predicted octanol–water partition coefficient (Wildman–Crippen LogP) is 3.77. The summed E-state index contributed by atoms with van der Waals surface area (Å²) in [7, 11) is 1.27. The zero-order chi connectivity index (χ0) is 19.1. The molecule has 0 spiro atoms. The van der Waals surface area contributed by atoms with E-state index in [9.17, 15) is 9.59 Å². The van der Waals surface area contributed by atoms with E-state index in [2.05, 4.69) is 27.2 Å². The molecule has 1 aromatic heterocycles. The first-order valence-electron chi connectivity index (χ1n) is 8.62. The lowest BCUT2D eigenvalue weighted by Gasteiger charge is -2.06. The molecule has 0 aliphatic heterocycles. The van der Waals surface area contributed by atoms with Gasteiger partial charge in [0.25, 0.3) is 0 Å². The Kier molecular flexibility index (Phi) is 6.04. The van der Waals surface area contributed by atoms with Crippen molar-refractivity contribution >= 4 is 22.7 Å². The number of nitrogens with zero attached hydrogens (tertiary/aromatic N) is 1. The molecule has 1 N–H and O–H groups in total. The third-order valence-corrected chi connectivity index (χ3v) is 3.97. The molecular formula is C20H20N2O5. The van der Waals surface area contributed by atoms with E-state index in [4.69, 9.17) is 9.15 Å². The lowest BCUT2D eigenvalue weighted by Crippen LogP contribution is -2.11. The van der Waals surface area contributed by atoms with Crippen molar-refractivity contribution in [3.8, 4) is 6.08 Å². The van der Waals surface area contributed by atoms with E-state index in [1.807, 2.05) is 18.2 Å². The van der Waals surface area contributed by atoms with Crippen molar-refractivity contribution in [2.24, 2.45) is 0 Å². The van der Waals surface area contributed by atoms with Gasteiger partial charge in [-0.2, -0.15) is 4.98 Å². The number of anilines is 1. The quantitative estimate of drug-likeness (QED) is 0.639. The van der Waals surface area contributed by atoms with Gasteiger partial charge in [0, 0.05) is 5.69 Å². The number of carbonyl (C=O) groups excluding carboxylic acids is 1. The van der Waals surface area contributed by atoms with Crippen molar-refractivity contribution < 1.29 is 18.7 Å². The molecule has 0 radical (unpaired) electrons. The summed E-state index contributed by atoms with van der Waals surface area (Å²) < 4.78 is 15.1. The average Bonchev–Trinajstić information content (AvgIpc) is 2.68. The van der Waals surface area contributed by atoms with Crippen LogP contribution in [0.1, 0.15) is 18.4 Å². The van der Waals surface area contributed by atoms with Crippen LogP contribution in [0.2, 0.25) is 0 Å². The number of amides is 1. The van der Waals surface area contributed by atoms with Crippen molar-refractivity contribution in [3.63, 3.8) is 0 Å². The Morgan fingerprint density at radius 1 is 1.15 bits per heavy atom. The maximum absolute atomic E-state index is 12.1. The van der Waals surface area contributed by atoms with Crippen molar-refractivity contribution in [2.45, 2.75) is 19.3 Å². The molecule has 0 unspecified atom stereocenters. The van der Waals surface area contributed by atoms with Crippen LogP contribution in [0.4, 0.5) is 10.5 Å². The predicted molar refractivity (Wildman–Crippen MR) is 101 cm³/mol. The van der Waals surface area contributed by atoms with Gasteiger partial charge in [0.15, 0.2) is 0 Å². The summed E-state index contributed by atoms with van der Waals surface area (Å²) in [5.74, 6) is 0. The molecule has 0 atom stereocenters. The molecule has 0 saturated carbocycles. The van der Waals surface area contributed by atoms with Gasteiger partial charge in [0.1, 0.15) is 0 Å². The molecule has 27 heavy (non-hydrogen) atoms. The Bertz CT molecular complexity index is 969. The van der Waals surface area contributed by atoms with Crippen LogP contribution in [-0.2, 0) is 11.2 Å². The standard InChI is InChI=1S/C20H20N2O5/c1-25-19(24)21-15-10-11-16-17(13-15)22-20(27-18(16)23)26-12-6-5-9-14-7-3-2-4-8-14/h2-4,7-8,10-11,13H,5-6,9,12H2,1H3,(H,21,24). The van der Waals surface area contributed by atoms with Crippen LogP contribution in [-0.4, -0.2) is 24.8 Å². The molecule has 0 aliphatic rings. The number of methoxy groups -OCH3 is 1. The molecule has 0 saturated heterocycles. The summed E-state index contributed by atoms with van der Waals surface area (Å²) >= 11 is 0. The first-order valence-corrected chi connectivity index (χ1v) is 8.62. The highest BCUT2D eigenvalue weighted by Crippen LogP contribution is 2.18. The largest absolute Gasteiger partial charge is 0.453 e. The number of ether oxygens (including phenoxy) is 2. The molecule has 0 aliphatic carbocycles. The van der Waals surface area contributed by atoms with Crippen LogP contribution in [0.3, 0.4) is 0 Å². The summed E-state index contributed by atoms with van der Waals surface area (Å²) in [6.07, 6.45) is 2.04. The normalized spacial score (nSPS) is 10.6. The van der Waals surface area contributed by atoms with Crippen molar-refractivity contribution in [3.05, 3.63) is 64.5 Å². The van der Waals surface area contributed by atoms with Crippen molar-refractivity contribution in [1.29, 1.82) is 0 Å². The zero-order valence-corrected chi connectivity index (χ0v) is 14.9. The lowest BCUT2D eigenvalue weighted by atomic mass is 10.1. The van der Waals surface area contributed by atoms with Crippen LogP contribution in [0.15, 0.2) is 57.7 Å². The second-order valence-corrected chi connectivity index (χ2v) is 5.91. The molecule has 3 aromatic rings. The monoisotopic (exact) mass is 368 g/mol. The second kappa shape index (κ2) is 8.84. The highest BCUT2D eigenvalue weighted by molar-refractivity contribution is 5.89. The third kappa shape index (κ3) is 5.07. The van der Waals surface area contributed by atoms with E-state index in [0.29, 0.717) is 23.2 Å². The highest BCUT2D eigenvalue weighted by Gasteiger charge is 2.09. The van der Waals surface area contributed by atoms with Gasteiger partial charge in [-0.1, -0.05) is 30.3 Å². The van der Waals surface area contributed by atoms with Gasteiger partial charge in [-0.15, -0.1) is 0 Å². The molecule has 0 fully saturated rings. The maximum atomic E-state index is 12.1. The summed E-state index contributed by atoms with van der Waals surface area (Å²) in [6, 6.07) is 14.9. The lowest BCUT2D eigenvalue weighted by molar-refractivity contribution is 0.187. The molecule has 2 aromatic carbocycles. The van der Waals surface area contributed by atoms with Crippen LogP contribution >= 0.6 is 0 Å². The number of hydrogen-bond donors (Lipinski definition) is 1. The number of hydrogen-bond acceptors (Lipinski definition) is 6. The van der Waals surface area contributed by atoms with Gasteiger partial charge >= 0.3 is 17.8 Å². The minimum absolute atomic E-state index is 0.0811. The van der Waals surface area contributed by atoms with E-state index in [1.165, 1.54) is 18.7 Å². The van der Waals surface area contributed by atoms with Crippen LogP contribution < -0.4 is 15.7 Å². The molecule has 3 rings (SSSR count). The number of fused-ring (bicyclic) bond motifs is 1. The average molecular weight is 368 g/mol. The summed E-state index contributed by atoms with van der Waals surface area (Å²) in [5.41, 5.74) is 1.57.